The number of rotatable bonds is 7. The topological polar surface area (TPSA) is 70.4 Å². The summed E-state index contributed by atoms with van der Waals surface area (Å²) in [5.41, 5.74) is 3.46. The van der Waals surface area contributed by atoms with E-state index < -0.39 is 0 Å². The van der Waals surface area contributed by atoms with Crippen LogP contribution in [0.4, 0.5) is 10.1 Å². The highest BCUT2D eigenvalue weighted by molar-refractivity contribution is 9.10. The largest absolute Gasteiger partial charge is 0.459 e. The number of benzene rings is 2. The van der Waals surface area contributed by atoms with Crippen LogP contribution in [0.5, 0.6) is 0 Å². The van der Waals surface area contributed by atoms with E-state index in [9.17, 15) is 9.18 Å². The summed E-state index contributed by atoms with van der Waals surface area (Å²) in [7, 11) is 0. The van der Waals surface area contributed by atoms with Crippen molar-refractivity contribution >= 4 is 44.9 Å². The second-order valence-corrected chi connectivity index (χ2v) is 10.1. The van der Waals surface area contributed by atoms with Gasteiger partial charge in [0.05, 0.1) is 11.7 Å². The fourth-order valence-corrected chi connectivity index (χ4v) is 5.43. The summed E-state index contributed by atoms with van der Waals surface area (Å²) >= 11 is 9.33. The molecule has 2 atom stereocenters. The highest BCUT2D eigenvalue weighted by Crippen LogP contribution is 2.41. The van der Waals surface area contributed by atoms with Crippen LogP contribution in [-0.4, -0.2) is 27.4 Å². The van der Waals surface area contributed by atoms with Crippen LogP contribution in [0.1, 0.15) is 35.5 Å². The van der Waals surface area contributed by atoms with Crippen molar-refractivity contribution in [2.45, 2.75) is 25.4 Å². The lowest BCUT2D eigenvalue weighted by molar-refractivity contribution is -0.116. The van der Waals surface area contributed by atoms with Crippen molar-refractivity contribution in [2.75, 3.05) is 11.9 Å². The molecule has 1 amide bonds. The summed E-state index contributed by atoms with van der Waals surface area (Å²) in [6, 6.07) is 20.9. The number of halogens is 2. The maximum Gasteiger partial charge on any atom is 0.226 e. The summed E-state index contributed by atoms with van der Waals surface area (Å²) in [6.07, 6.45) is 1.93. The molecule has 5 rings (SSSR count). The maximum atomic E-state index is 13.2. The summed E-state index contributed by atoms with van der Waals surface area (Å²) in [6.45, 7) is 2.39. The summed E-state index contributed by atoms with van der Waals surface area (Å²) in [4.78, 5) is 19.2. The maximum absolute atomic E-state index is 13.2. The zero-order chi connectivity index (χ0) is 25.9. The van der Waals surface area contributed by atoms with Gasteiger partial charge in [0.25, 0.3) is 0 Å². The average Bonchev–Trinajstić information content (AvgIpc) is 3.49. The first-order valence-corrected chi connectivity index (χ1v) is 13.0. The summed E-state index contributed by atoms with van der Waals surface area (Å²) in [5.74, 6) is 0.890. The average molecular weight is 579 g/mol. The Morgan fingerprint density at radius 3 is 2.70 bits per heavy atom. The van der Waals surface area contributed by atoms with Crippen molar-refractivity contribution in [1.82, 2.24) is 15.2 Å². The molecule has 0 saturated carbocycles. The van der Waals surface area contributed by atoms with Crippen molar-refractivity contribution < 1.29 is 13.6 Å². The Balaban J connectivity index is 1.40. The van der Waals surface area contributed by atoms with Gasteiger partial charge in [0.15, 0.2) is 5.11 Å². The number of aryl methyl sites for hydroxylation is 1. The minimum Gasteiger partial charge on any atom is -0.459 e. The third-order valence-corrected chi connectivity index (χ3v) is 7.22. The van der Waals surface area contributed by atoms with E-state index in [-0.39, 0.29) is 30.2 Å². The molecule has 9 heteroatoms. The molecule has 2 aromatic carbocycles. The van der Waals surface area contributed by atoms with Crippen LogP contribution in [-0.2, 0) is 4.79 Å². The van der Waals surface area contributed by atoms with Crippen LogP contribution in [0.15, 0.2) is 87.9 Å². The molecule has 2 aromatic heterocycles. The van der Waals surface area contributed by atoms with E-state index in [1.165, 1.54) is 24.3 Å². The number of carbonyl (C=O) groups is 1. The summed E-state index contributed by atoms with van der Waals surface area (Å²) < 4.78 is 20.5. The lowest BCUT2D eigenvalue weighted by Gasteiger charge is -2.25. The number of furan rings is 1. The van der Waals surface area contributed by atoms with Gasteiger partial charge >= 0.3 is 0 Å². The monoisotopic (exact) mass is 578 g/mol. The van der Waals surface area contributed by atoms with Crippen LogP contribution in [0.2, 0.25) is 0 Å². The molecule has 0 radical (unpaired) electrons. The number of aromatic nitrogens is 1. The number of hydrogen-bond donors (Lipinski definition) is 2. The number of thiocarbonyl (C=S) groups is 1. The van der Waals surface area contributed by atoms with Crippen molar-refractivity contribution in [3.63, 3.8) is 0 Å². The Labute approximate surface area is 228 Å². The molecule has 2 N–H and O–H groups in total. The Morgan fingerprint density at radius 1 is 1.16 bits per heavy atom. The molecule has 3 heterocycles. The number of amides is 1. The number of pyridine rings is 1. The van der Waals surface area contributed by atoms with E-state index in [4.69, 9.17) is 16.6 Å². The highest BCUT2D eigenvalue weighted by Gasteiger charge is 2.41. The van der Waals surface area contributed by atoms with Crippen LogP contribution in [0.25, 0.3) is 11.3 Å². The lowest BCUT2D eigenvalue weighted by atomic mass is 10.0. The predicted molar refractivity (Wildman–Crippen MR) is 148 cm³/mol. The fourth-order valence-electron chi connectivity index (χ4n) is 4.41. The molecule has 1 aliphatic rings. The van der Waals surface area contributed by atoms with Gasteiger partial charge in [-0.1, -0.05) is 28.1 Å². The zero-order valence-corrected chi connectivity index (χ0v) is 22.4. The standard InChI is InChI=1S/C28H24BrFN4O2S/c1-17-5-10-20(21(29)16-17)23-11-12-24(36-23)27-26(22-4-2-3-14-31-22)33-28(37)34(27)15-13-25(35)32-19-8-6-18(30)7-9-19/h2-12,14,16,26-27H,13,15H2,1H3,(H,32,35)(H,33,37)/t26-,27-/m1/s1. The van der Waals surface area contributed by atoms with Gasteiger partial charge in [0.2, 0.25) is 5.91 Å². The van der Waals surface area contributed by atoms with E-state index in [0.29, 0.717) is 23.1 Å². The first kappa shape index (κ1) is 25.1. The van der Waals surface area contributed by atoms with Crippen LogP contribution >= 0.6 is 28.1 Å². The SMILES string of the molecule is Cc1ccc(-c2ccc([C@@H]3[C@@H](c4ccccn4)NC(=S)N3CCC(=O)Nc3ccc(F)cc3)o2)c(Br)c1. The molecule has 4 aromatic rings. The molecule has 1 saturated heterocycles. The zero-order valence-electron chi connectivity index (χ0n) is 19.9. The molecule has 0 unspecified atom stereocenters. The number of anilines is 1. The van der Waals surface area contributed by atoms with Gasteiger partial charge in [0, 0.05) is 34.9 Å². The quantitative estimate of drug-likeness (QED) is 0.242. The Bertz CT molecular complexity index is 1430. The van der Waals surface area contributed by atoms with Gasteiger partial charge in [0.1, 0.15) is 23.4 Å². The van der Waals surface area contributed by atoms with Gasteiger partial charge in [-0.2, -0.15) is 0 Å². The smallest absolute Gasteiger partial charge is 0.226 e. The van der Waals surface area contributed by atoms with Gasteiger partial charge in [-0.3, -0.25) is 9.78 Å². The molecule has 6 nitrogen and oxygen atoms in total. The Hall–Kier alpha value is -3.56. The van der Waals surface area contributed by atoms with Crippen molar-refractivity contribution in [3.8, 4) is 11.3 Å². The first-order valence-electron chi connectivity index (χ1n) is 11.8. The van der Waals surface area contributed by atoms with Gasteiger partial charge in [-0.05, 0) is 85.4 Å². The van der Waals surface area contributed by atoms with E-state index in [1.807, 2.05) is 60.4 Å². The molecular weight excluding hydrogens is 555 g/mol. The normalized spacial score (nSPS) is 17.1. The minimum absolute atomic E-state index is 0.182. The Morgan fingerprint density at radius 2 is 1.97 bits per heavy atom. The van der Waals surface area contributed by atoms with Crippen LogP contribution < -0.4 is 10.6 Å². The number of nitrogens with one attached hydrogen (secondary N) is 2. The summed E-state index contributed by atoms with van der Waals surface area (Å²) in [5, 5.41) is 6.69. The molecule has 0 aliphatic carbocycles. The van der Waals surface area contributed by atoms with E-state index in [2.05, 4.69) is 31.5 Å². The van der Waals surface area contributed by atoms with Crippen molar-refractivity contribution in [3.05, 3.63) is 106 Å². The fraction of sp³-hybridized carbons (Fsp3) is 0.179. The third kappa shape index (κ3) is 5.57. The number of carbonyl (C=O) groups excluding carboxylic acids is 1. The number of nitrogens with zero attached hydrogens (tertiary/aromatic N) is 2. The van der Waals surface area contributed by atoms with Crippen molar-refractivity contribution in [2.24, 2.45) is 0 Å². The lowest BCUT2D eigenvalue weighted by Crippen LogP contribution is -2.32. The van der Waals surface area contributed by atoms with Crippen LogP contribution in [0.3, 0.4) is 0 Å². The van der Waals surface area contributed by atoms with Crippen LogP contribution in [0, 0.1) is 12.7 Å². The highest BCUT2D eigenvalue weighted by atomic mass is 79.9. The van der Waals surface area contributed by atoms with Gasteiger partial charge in [-0.25, -0.2) is 4.39 Å². The van der Waals surface area contributed by atoms with E-state index in [1.54, 1.807) is 6.20 Å². The second-order valence-electron chi connectivity index (χ2n) is 8.81. The molecule has 1 fully saturated rings. The molecule has 0 spiro atoms. The molecule has 37 heavy (non-hydrogen) atoms. The molecule has 0 bridgehead atoms. The van der Waals surface area contributed by atoms with Gasteiger partial charge in [-0.15, -0.1) is 0 Å². The third-order valence-electron chi connectivity index (χ3n) is 6.21. The van der Waals surface area contributed by atoms with E-state index >= 15 is 0 Å². The van der Waals surface area contributed by atoms with Crippen molar-refractivity contribution in [1.29, 1.82) is 0 Å². The molecular formula is C28H24BrFN4O2S. The number of hydrogen-bond acceptors (Lipinski definition) is 4. The first-order chi connectivity index (χ1) is 17.9. The predicted octanol–water partition coefficient (Wildman–Crippen LogP) is 6.55. The second kappa shape index (κ2) is 10.8. The van der Waals surface area contributed by atoms with E-state index in [0.717, 1.165) is 27.1 Å². The Kier molecular flexibility index (Phi) is 7.34. The molecule has 188 valence electrons. The van der Waals surface area contributed by atoms with Gasteiger partial charge < -0.3 is 20.0 Å². The minimum atomic E-state index is -0.356. The molecule has 1 aliphatic heterocycles.